The molecule has 2 aromatic rings. The van der Waals surface area contributed by atoms with Crippen molar-refractivity contribution in [2.24, 2.45) is 0 Å². The zero-order valence-electron chi connectivity index (χ0n) is 11.8. The number of hydrogen-bond acceptors (Lipinski definition) is 3. The summed E-state index contributed by atoms with van der Waals surface area (Å²) in [5.41, 5.74) is 1.88. The molecule has 1 aromatic carbocycles. The van der Waals surface area contributed by atoms with Crippen molar-refractivity contribution >= 4 is 12.0 Å². The van der Waals surface area contributed by atoms with Gasteiger partial charge in [0, 0.05) is 17.8 Å². The highest BCUT2D eigenvalue weighted by molar-refractivity contribution is 5.85. The highest BCUT2D eigenvalue weighted by Crippen LogP contribution is 2.24. The van der Waals surface area contributed by atoms with Crippen LogP contribution in [0.4, 0.5) is 0 Å². The molecule has 0 fully saturated rings. The van der Waals surface area contributed by atoms with Crippen molar-refractivity contribution in [1.82, 2.24) is 4.98 Å². The Kier molecular flexibility index (Phi) is 5.10. The zero-order chi connectivity index (χ0) is 15.1. The number of pyridine rings is 1. The highest BCUT2D eigenvalue weighted by atomic mass is 16.5. The highest BCUT2D eigenvalue weighted by Gasteiger charge is 2.04. The molecular formula is C17H17NO3. The maximum Gasteiger partial charge on any atom is 0.328 e. The number of nitrogens with zero attached hydrogens (tertiary/aromatic N) is 1. The van der Waals surface area contributed by atoms with Crippen LogP contribution in [0.1, 0.15) is 24.5 Å². The molecule has 1 N–H and O–H groups in total. The smallest absolute Gasteiger partial charge is 0.328 e. The summed E-state index contributed by atoms with van der Waals surface area (Å²) in [4.78, 5) is 14.7. The van der Waals surface area contributed by atoms with Crippen LogP contribution in [-0.2, 0) is 11.2 Å². The first kappa shape index (κ1) is 14.8. The van der Waals surface area contributed by atoms with E-state index in [1.165, 1.54) is 11.6 Å². The summed E-state index contributed by atoms with van der Waals surface area (Å²) in [6, 6.07) is 11.3. The van der Waals surface area contributed by atoms with Crippen LogP contribution in [0.5, 0.6) is 11.6 Å². The fourth-order valence-electron chi connectivity index (χ4n) is 1.90. The van der Waals surface area contributed by atoms with Gasteiger partial charge in [-0.1, -0.05) is 25.5 Å². The average molecular weight is 283 g/mol. The molecule has 2 rings (SSSR count). The minimum atomic E-state index is -1.01. The second-order valence-electron chi connectivity index (χ2n) is 4.57. The van der Waals surface area contributed by atoms with Gasteiger partial charge in [0.1, 0.15) is 5.75 Å². The van der Waals surface area contributed by atoms with Crippen molar-refractivity contribution < 1.29 is 14.6 Å². The average Bonchev–Trinajstić information content (AvgIpc) is 2.48. The summed E-state index contributed by atoms with van der Waals surface area (Å²) in [7, 11) is 0. The molecule has 0 unspecified atom stereocenters. The van der Waals surface area contributed by atoms with Gasteiger partial charge in [-0.25, -0.2) is 9.78 Å². The van der Waals surface area contributed by atoms with Crippen LogP contribution >= 0.6 is 0 Å². The zero-order valence-corrected chi connectivity index (χ0v) is 11.8. The van der Waals surface area contributed by atoms with Gasteiger partial charge < -0.3 is 9.84 Å². The van der Waals surface area contributed by atoms with Gasteiger partial charge in [-0.05, 0) is 42.3 Å². The molecule has 4 nitrogen and oxygen atoms in total. The SMILES string of the molecule is CCCc1ccc(Oc2ncccc2/C=C/C(=O)O)cc1. The topological polar surface area (TPSA) is 59.4 Å². The molecule has 0 aliphatic rings. The van der Waals surface area contributed by atoms with Crippen LogP contribution in [0.25, 0.3) is 6.08 Å². The van der Waals surface area contributed by atoms with Gasteiger partial charge in [0.2, 0.25) is 5.88 Å². The number of aliphatic carboxylic acids is 1. The summed E-state index contributed by atoms with van der Waals surface area (Å²) in [5.74, 6) is 0.0606. The Morgan fingerprint density at radius 3 is 2.71 bits per heavy atom. The maximum absolute atomic E-state index is 10.6. The molecule has 21 heavy (non-hydrogen) atoms. The van der Waals surface area contributed by atoms with E-state index in [2.05, 4.69) is 11.9 Å². The van der Waals surface area contributed by atoms with Gasteiger partial charge in [-0.2, -0.15) is 0 Å². The predicted octanol–water partition coefficient (Wildman–Crippen LogP) is 3.92. The number of carboxylic acids is 1. The number of ether oxygens (including phenoxy) is 1. The molecule has 0 aliphatic heterocycles. The van der Waals surface area contributed by atoms with E-state index in [0.717, 1.165) is 18.9 Å². The molecule has 0 atom stereocenters. The first-order valence-corrected chi connectivity index (χ1v) is 6.82. The Hall–Kier alpha value is -2.62. The quantitative estimate of drug-likeness (QED) is 0.816. The van der Waals surface area contributed by atoms with Gasteiger partial charge in [0.25, 0.3) is 0 Å². The molecule has 0 radical (unpaired) electrons. The van der Waals surface area contributed by atoms with E-state index in [9.17, 15) is 4.79 Å². The molecule has 0 aliphatic carbocycles. The van der Waals surface area contributed by atoms with Crippen LogP contribution < -0.4 is 4.74 Å². The normalized spacial score (nSPS) is 10.7. The largest absolute Gasteiger partial charge is 0.478 e. The second kappa shape index (κ2) is 7.24. The lowest BCUT2D eigenvalue weighted by atomic mass is 10.1. The minimum Gasteiger partial charge on any atom is -0.478 e. The number of rotatable bonds is 6. The molecular weight excluding hydrogens is 266 g/mol. The Labute approximate surface area is 123 Å². The van der Waals surface area contributed by atoms with Crippen LogP contribution in [0.2, 0.25) is 0 Å². The third kappa shape index (κ3) is 4.45. The summed E-state index contributed by atoms with van der Waals surface area (Å²) in [6.45, 7) is 2.14. The van der Waals surface area contributed by atoms with Crippen molar-refractivity contribution in [3.8, 4) is 11.6 Å². The number of benzene rings is 1. The Balaban J connectivity index is 2.17. The fraction of sp³-hybridized carbons (Fsp3) is 0.176. The van der Waals surface area contributed by atoms with Crippen molar-refractivity contribution in [3.63, 3.8) is 0 Å². The van der Waals surface area contributed by atoms with E-state index < -0.39 is 5.97 Å². The van der Waals surface area contributed by atoms with E-state index in [0.29, 0.717) is 17.2 Å². The Morgan fingerprint density at radius 2 is 2.05 bits per heavy atom. The van der Waals surface area contributed by atoms with Gasteiger partial charge in [-0.3, -0.25) is 0 Å². The third-order valence-electron chi connectivity index (χ3n) is 2.88. The van der Waals surface area contributed by atoms with E-state index >= 15 is 0 Å². The number of carbonyl (C=O) groups is 1. The Bertz CT molecular complexity index is 633. The molecule has 1 aromatic heterocycles. The lowest BCUT2D eigenvalue weighted by Crippen LogP contribution is -1.92. The van der Waals surface area contributed by atoms with E-state index in [4.69, 9.17) is 9.84 Å². The number of hydrogen-bond donors (Lipinski definition) is 1. The number of aryl methyl sites for hydroxylation is 1. The molecule has 4 heteroatoms. The monoisotopic (exact) mass is 283 g/mol. The van der Waals surface area contributed by atoms with Crippen LogP contribution in [0.15, 0.2) is 48.7 Å². The standard InChI is InChI=1S/C17H17NO3/c1-2-4-13-6-9-15(10-7-13)21-17-14(5-3-12-18-17)8-11-16(19)20/h3,5-12H,2,4H2,1H3,(H,19,20)/b11-8+. The first-order valence-electron chi connectivity index (χ1n) is 6.82. The van der Waals surface area contributed by atoms with Gasteiger partial charge >= 0.3 is 5.97 Å². The van der Waals surface area contributed by atoms with Gasteiger partial charge in [0.05, 0.1) is 0 Å². The molecule has 0 bridgehead atoms. The van der Waals surface area contributed by atoms with Crippen molar-refractivity contribution in [1.29, 1.82) is 0 Å². The fourth-order valence-corrected chi connectivity index (χ4v) is 1.90. The van der Waals surface area contributed by atoms with Gasteiger partial charge in [0.15, 0.2) is 0 Å². The molecule has 1 heterocycles. The minimum absolute atomic E-state index is 0.387. The van der Waals surface area contributed by atoms with Crippen LogP contribution in [-0.4, -0.2) is 16.1 Å². The van der Waals surface area contributed by atoms with Crippen LogP contribution in [0, 0.1) is 0 Å². The molecule has 0 saturated carbocycles. The first-order chi connectivity index (χ1) is 10.2. The third-order valence-corrected chi connectivity index (χ3v) is 2.88. The maximum atomic E-state index is 10.6. The number of carboxylic acid groups (broad SMARTS) is 1. The predicted molar refractivity (Wildman–Crippen MR) is 81.4 cm³/mol. The van der Waals surface area contributed by atoms with Crippen molar-refractivity contribution in [2.75, 3.05) is 0 Å². The summed E-state index contributed by atoms with van der Waals surface area (Å²) in [6.07, 6.45) is 6.28. The van der Waals surface area contributed by atoms with Crippen molar-refractivity contribution in [2.45, 2.75) is 19.8 Å². The van der Waals surface area contributed by atoms with Crippen molar-refractivity contribution in [3.05, 3.63) is 59.8 Å². The lowest BCUT2D eigenvalue weighted by Gasteiger charge is -2.08. The lowest BCUT2D eigenvalue weighted by molar-refractivity contribution is -0.131. The Morgan fingerprint density at radius 1 is 1.29 bits per heavy atom. The summed E-state index contributed by atoms with van der Waals surface area (Å²) < 4.78 is 5.72. The summed E-state index contributed by atoms with van der Waals surface area (Å²) >= 11 is 0. The number of aromatic nitrogens is 1. The van der Waals surface area contributed by atoms with E-state index in [-0.39, 0.29) is 0 Å². The summed E-state index contributed by atoms with van der Waals surface area (Å²) in [5, 5.41) is 8.69. The molecule has 0 spiro atoms. The van der Waals surface area contributed by atoms with Crippen LogP contribution in [0.3, 0.4) is 0 Å². The van der Waals surface area contributed by atoms with E-state index in [1.54, 1.807) is 18.3 Å². The second-order valence-corrected chi connectivity index (χ2v) is 4.57. The molecule has 0 amide bonds. The van der Waals surface area contributed by atoms with Gasteiger partial charge in [-0.15, -0.1) is 0 Å². The molecule has 108 valence electrons. The molecule has 0 saturated heterocycles. The van der Waals surface area contributed by atoms with E-state index in [1.807, 2.05) is 24.3 Å².